The predicted molar refractivity (Wildman–Crippen MR) is 114 cm³/mol. The maximum Gasteiger partial charge on any atom is 0.234 e. The first kappa shape index (κ1) is 20.2. The van der Waals surface area contributed by atoms with Crippen molar-refractivity contribution in [2.24, 2.45) is 5.73 Å². The highest BCUT2D eigenvalue weighted by atomic mass is 16.5. The van der Waals surface area contributed by atoms with E-state index in [0.29, 0.717) is 12.5 Å². The van der Waals surface area contributed by atoms with Gasteiger partial charge in [0, 0.05) is 18.8 Å². The molecule has 5 heteroatoms. The number of anilines is 1. The van der Waals surface area contributed by atoms with Crippen molar-refractivity contribution in [2.45, 2.75) is 38.6 Å². The fourth-order valence-corrected chi connectivity index (χ4v) is 3.83. The van der Waals surface area contributed by atoms with Crippen LogP contribution in [0.25, 0.3) is 0 Å². The zero-order valence-corrected chi connectivity index (χ0v) is 16.9. The molecule has 1 aliphatic rings. The van der Waals surface area contributed by atoms with Crippen molar-refractivity contribution in [3.8, 4) is 5.75 Å². The van der Waals surface area contributed by atoms with Gasteiger partial charge in [-0.15, -0.1) is 0 Å². The molecule has 0 saturated carbocycles. The van der Waals surface area contributed by atoms with Crippen LogP contribution in [0.2, 0.25) is 0 Å². The molecular formula is C23H31N3O2. The second-order valence-electron chi connectivity index (χ2n) is 7.35. The number of hydrogen-bond acceptors (Lipinski definition) is 4. The second-order valence-corrected chi connectivity index (χ2v) is 7.35. The third kappa shape index (κ3) is 5.04. The van der Waals surface area contributed by atoms with E-state index in [1.807, 2.05) is 26.0 Å². The summed E-state index contributed by atoms with van der Waals surface area (Å²) in [4.78, 5) is 13.9. The maximum absolute atomic E-state index is 11.5. The van der Waals surface area contributed by atoms with Gasteiger partial charge in [-0.3, -0.25) is 4.79 Å². The lowest BCUT2D eigenvalue weighted by atomic mass is 9.88. The van der Waals surface area contributed by atoms with Gasteiger partial charge in [0.1, 0.15) is 5.75 Å². The van der Waals surface area contributed by atoms with Crippen LogP contribution in [0, 0.1) is 0 Å². The van der Waals surface area contributed by atoms with E-state index in [-0.39, 0.29) is 18.5 Å². The first-order chi connectivity index (χ1) is 13.6. The Balaban J connectivity index is 1.55. The summed E-state index contributed by atoms with van der Waals surface area (Å²) in [6, 6.07) is 17.0. The van der Waals surface area contributed by atoms with Crippen LogP contribution in [0.1, 0.15) is 49.8 Å². The Bertz CT molecular complexity index is 750. The molecule has 0 bridgehead atoms. The molecule has 1 saturated heterocycles. The molecule has 28 heavy (non-hydrogen) atoms. The van der Waals surface area contributed by atoms with Crippen molar-refractivity contribution in [1.29, 1.82) is 0 Å². The molecule has 3 rings (SSSR count). The minimum atomic E-state index is -0.127. The molecule has 1 fully saturated rings. The molecule has 0 spiro atoms. The molecule has 0 radical (unpaired) electrons. The lowest BCUT2D eigenvalue weighted by molar-refractivity contribution is -0.120. The Kier molecular flexibility index (Phi) is 6.93. The summed E-state index contributed by atoms with van der Waals surface area (Å²) in [6.45, 7) is 6.82. The van der Waals surface area contributed by atoms with Crippen molar-refractivity contribution in [3.63, 3.8) is 0 Å². The summed E-state index contributed by atoms with van der Waals surface area (Å²) < 4.78 is 5.53. The smallest absolute Gasteiger partial charge is 0.234 e. The molecule has 1 aliphatic heterocycles. The van der Waals surface area contributed by atoms with Crippen molar-refractivity contribution in [3.05, 3.63) is 59.7 Å². The molecule has 2 aromatic carbocycles. The number of nitrogens with one attached hydrogen (secondary N) is 1. The molecule has 0 aliphatic carbocycles. The van der Waals surface area contributed by atoms with E-state index in [9.17, 15) is 4.79 Å². The number of nitrogens with two attached hydrogens (primary N) is 1. The van der Waals surface area contributed by atoms with Crippen LogP contribution in [0.15, 0.2) is 48.5 Å². The fraction of sp³-hybridized carbons (Fsp3) is 0.435. The SMILES string of the molecule is CCOc1ccc(N2CCC(c3ccc(C(C)NC(=O)CN)cc3)CC2)cc1. The predicted octanol–water partition coefficient (Wildman–Crippen LogP) is 3.61. The molecule has 2 aromatic rings. The van der Waals surface area contributed by atoms with Gasteiger partial charge in [0.2, 0.25) is 5.91 Å². The van der Waals surface area contributed by atoms with Crippen LogP contribution in [0.5, 0.6) is 5.75 Å². The third-order valence-corrected chi connectivity index (χ3v) is 5.48. The number of ether oxygens (including phenoxy) is 1. The van der Waals surface area contributed by atoms with E-state index in [1.54, 1.807) is 0 Å². The third-order valence-electron chi connectivity index (χ3n) is 5.48. The van der Waals surface area contributed by atoms with Crippen molar-refractivity contribution >= 4 is 11.6 Å². The van der Waals surface area contributed by atoms with Gasteiger partial charge in [-0.2, -0.15) is 0 Å². The second kappa shape index (κ2) is 9.60. The largest absolute Gasteiger partial charge is 0.494 e. The summed E-state index contributed by atoms with van der Waals surface area (Å²) in [5.41, 5.74) is 9.13. The summed E-state index contributed by atoms with van der Waals surface area (Å²) in [5, 5.41) is 2.90. The maximum atomic E-state index is 11.5. The van der Waals surface area contributed by atoms with Crippen LogP contribution in [-0.4, -0.2) is 32.1 Å². The van der Waals surface area contributed by atoms with Gasteiger partial charge in [0.25, 0.3) is 0 Å². The highest BCUT2D eigenvalue weighted by Crippen LogP contribution is 2.31. The monoisotopic (exact) mass is 381 g/mol. The highest BCUT2D eigenvalue weighted by Gasteiger charge is 2.21. The van der Waals surface area contributed by atoms with E-state index in [0.717, 1.165) is 37.2 Å². The van der Waals surface area contributed by atoms with E-state index in [2.05, 4.69) is 46.6 Å². The molecule has 1 heterocycles. The zero-order chi connectivity index (χ0) is 19.9. The summed E-state index contributed by atoms with van der Waals surface area (Å²) in [7, 11) is 0. The number of rotatable bonds is 7. The Morgan fingerprint density at radius 2 is 1.79 bits per heavy atom. The Morgan fingerprint density at radius 1 is 1.14 bits per heavy atom. The van der Waals surface area contributed by atoms with Crippen molar-refractivity contribution in [2.75, 3.05) is 31.1 Å². The van der Waals surface area contributed by atoms with Gasteiger partial charge in [-0.1, -0.05) is 24.3 Å². The first-order valence-corrected chi connectivity index (χ1v) is 10.2. The first-order valence-electron chi connectivity index (χ1n) is 10.2. The standard InChI is InChI=1S/C23H31N3O2/c1-3-28-22-10-8-21(9-11-22)26-14-12-20(13-15-26)19-6-4-18(5-7-19)17(2)25-23(27)16-24/h4-11,17,20H,3,12-16,24H2,1-2H3,(H,25,27). The van der Waals surface area contributed by atoms with Gasteiger partial charge < -0.3 is 20.7 Å². The summed E-state index contributed by atoms with van der Waals surface area (Å²) in [5.74, 6) is 1.39. The van der Waals surface area contributed by atoms with Crippen LogP contribution in [0.3, 0.4) is 0 Å². The Labute approximate surface area is 167 Å². The Morgan fingerprint density at radius 3 is 2.36 bits per heavy atom. The molecule has 5 nitrogen and oxygen atoms in total. The molecule has 1 amide bonds. The zero-order valence-electron chi connectivity index (χ0n) is 16.9. The van der Waals surface area contributed by atoms with Gasteiger partial charge in [0.15, 0.2) is 0 Å². The average molecular weight is 382 g/mol. The number of amides is 1. The average Bonchev–Trinajstić information content (AvgIpc) is 2.74. The lowest BCUT2D eigenvalue weighted by Crippen LogP contribution is -2.33. The van der Waals surface area contributed by atoms with Crippen LogP contribution in [0.4, 0.5) is 5.69 Å². The van der Waals surface area contributed by atoms with Gasteiger partial charge in [-0.25, -0.2) is 0 Å². The Hall–Kier alpha value is -2.53. The molecule has 1 unspecified atom stereocenters. The van der Waals surface area contributed by atoms with Gasteiger partial charge in [-0.05, 0) is 68.0 Å². The van der Waals surface area contributed by atoms with Crippen molar-refractivity contribution < 1.29 is 9.53 Å². The fourth-order valence-electron chi connectivity index (χ4n) is 3.83. The molecule has 3 N–H and O–H groups in total. The highest BCUT2D eigenvalue weighted by molar-refractivity contribution is 5.78. The topological polar surface area (TPSA) is 67.6 Å². The number of hydrogen-bond donors (Lipinski definition) is 2. The number of nitrogens with zero attached hydrogens (tertiary/aromatic N) is 1. The summed E-state index contributed by atoms with van der Waals surface area (Å²) in [6.07, 6.45) is 2.29. The van der Waals surface area contributed by atoms with Crippen LogP contribution in [-0.2, 0) is 4.79 Å². The minimum absolute atomic E-state index is 0.0217. The lowest BCUT2D eigenvalue weighted by Gasteiger charge is -2.34. The van der Waals surface area contributed by atoms with E-state index >= 15 is 0 Å². The van der Waals surface area contributed by atoms with Crippen molar-refractivity contribution in [1.82, 2.24) is 5.32 Å². The quantitative estimate of drug-likeness (QED) is 0.769. The van der Waals surface area contributed by atoms with Crippen LogP contribution >= 0.6 is 0 Å². The number of carbonyl (C=O) groups is 1. The van der Waals surface area contributed by atoms with E-state index in [4.69, 9.17) is 10.5 Å². The molecule has 0 aromatic heterocycles. The number of piperidine rings is 1. The van der Waals surface area contributed by atoms with E-state index < -0.39 is 0 Å². The summed E-state index contributed by atoms with van der Waals surface area (Å²) >= 11 is 0. The van der Waals surface area contributed by atoms with Gasteiger partial charge >= 0.3 is 0 Å². The van der Waals surface area contributed by atoms with Crippen LogP contribution < -0.4 is 20.7 Å². The molecular weight excluding hydrogens is 350 g/mol. The minimum Gasteiger partial charge on any atom is -0.494 e. The number of benzene rings is 2. The normalized spacial score (nSPS) is 15.9. The molecule has 150 valence electrons. The molecule has 1 atom stereocenters. The van der Waals surface area contributed by atoms with E-state index in [1.165, 1.54) is 11.3 Å². The van der Waals surface area contributed by atoms with Gasteiger partial charge in [0.05, 0.1) is 19.2 Å². The number of carbonyl (C=O) groups excluding carboxylic acids is 1.